The van der Waals surface area contributed by atoms with Crippen LogP contribution in [-0.2, 0) is 4.74 Å². The highest BCUT2D eigenvalue weighted by Gasteiger charge is 2.03. The standard InChI is InChI=1S/C11H18N2O2/c1-12-7-8-13-11(14)15-9-10-5-3-2-4-6-10/h3,5-6,12H,2,4,7-9H2,1H3,(H,13,14). The van der Waals surface area contributed by atoms with Gasteiger partial charge in [-0.15, -0.1) is 0 Å². The van der Waals surface area contributed by atoms with Crippen molar-refractivity contribution < 1.29 is 9.53 Å². The minimum atomic E-state index is -0.356. The van der Waals surface area contributed by atoms with Gasteiger partial charge in [0.15, 0.2) is 0 Å². The summed E-state index contributed by atoms with van der Waals surface area (Å²) in [5, 5.41) is 5.58. The van der Waals surface area contributed by atoms with Crippen molar-refractivity contribution in [1.29, 1.82) is 0 Å². The van der Waals surface area contributed by atoms with Crippen LogP contribution < -0.4 is 10.6 Å². The number of rotatable bonds is 5. The molecule has 84 valence electrons. The molecular formula is C11H18N2O2. The Morgan fingerprint density at radius 3 is 3.00 bits per heavy atom. The van der Waals surface area contributed by atoms with Gasteiger partial charge in [-0.2, -0.15) is 0 Å². The van der Waals surface area contributed by atoms with Crippen LogP contribution in [0.2, 0.25) is 0 Å². The van der Waals surface area contributed by atoms with E-state index in [0.29, 0.717) is 13.2 Å². The Balaban J connectivity index is 2.11. The van der Waals surface area contributed by atoms with Crippen molar-refractivity contribution in [2.24, 2.45) is 0 Å². The topological polar surface area (TPSA) is 50.4 Å². The minimum absolute atomic E-state index is 0.356. The zero-order valence-electron chi connectivity index (χ0n) is 9.08. The maximum atomic E-state index is 11.1. The summed E-state index contributed by atoms with van der Waals surface area (Å²) in [4.78, 5) is 11.1. The van der Waals surface area contributed by atoms with Crippen LogP contribution in [0.25, 0.3) is 0 Å². The van der Waals surface area contributed by atoms with E-state index in [2.05, 4.69) is 22.8 Å². The molecule has 2 N–H and O–H groups in total. The Labute approximate surface area is 90.4 Å². The van der Waals surface area contributed by atoms with Gasteiger partial charge in [0.2, 0.25) is 0 Å². The first-order valence-corrected chi connectivity index (χ1v) is 5.23. The molecule has 4 nitrogen and oxygen atoms in total. The van der Waals surface area contributed by atoms with Gasteiger partial charge in [-0.25, -0.2) is 4.79 Å². The fraction of sp³-hybridized carbons (Fsp3) is 0.545. The summed E-state index contributed by atoms with van der Waals surface area (Å²) < 4.78 is 5.03. The van der Waals surface area contributed by atoms with Crippen LogP contribution in [0, 0.1) is 0 Å². The van der Waals surface area contributed by atoms with Gasteiger partial charge in [-0.1, -0.05) is 18.2 Å². The summed E-state index contributed by atoms with van der Waals surface area (Å²) in [6.45, 7) is 1.70. The quantitative estimate of drug-likeness (QED) is 0.671. The van der Waals surface area contributed by atoms with Crippen LogP contribution in [0.3, 0.4) is 0 Å². The summed E-state index contributed by atoms with van der Waals surface area (Å²) in [5.41, 5.74) is 1.07. The lowest BCUT2D eigenvalue weighted by atomic mass is 10.1. The predicted molar refractivity (Wildman–Crippen MR) is 59.7 cm³/mol. The maximum Gasteiger partial charge on any atom is 0.407 e. The van der Waals surface area contributed by atoms with E-state index in [1.807, 2.05) is 13.1 Å². The van der Waals surface area contributed by atoms with E-state index in [4.69, 9.17) is 4.74 Å². The lowest BCUT2D eigenvalue weighted by molar-refractivity contribution is 0.156. The van der Waals surface area contributed by atoms with Gasteiger partial charge >= 0.3 is 6.09 Å². The molecule has 0 radical (unpaired) electrons. The lowest BCUT2D eigenvalue weighted by Crippen LogP contribution is -2.31. The Morgan fingerprint density at radius 2 is 2.33 bits per heavy atom. The van der Waals surface area contributed by atoms with E-state index < -0.39 is 0 Å². The first kappa shape index (κ1) is 11.8. The highest BCUT2D eigenvalue weighted by Crippen LogP contribution is 2.09. The molecule has 0 aromatic carbocycles. The van der Waals surface area contributed by atoms with Crippen molar-refractivity contribution in [2.45, 2.75) is 12.8 Å². The molecule has 0 unspecified atom stereocenters. The number of hydrogen-bond acceptors (Lipinski definition) is 3. The van der Waals surface area contributed by atoms with Crippen LogP contribution in [0.15, 0.2) is 23.8 Å². The fourth-order valence-electron chi connectivity index (χ4n) is 1.26. The van der Waals surface area contributed by atoms with Crippen LogP contribution in [0.1, 0.15) is 12.8 Å². The van der Waals surface area contributed by atoms with Gasteiger partial charge < -0.3 is 15.4 Å². The normalized spacial score (nSPS) is 14.6. The highest BCUT2D eigenvalue weighted by atomic mass is 16.5. The summed E-state index contributed by atoms with van der Waals surface area (Å²) in [6.07, 6.45) is 7.96. The molecule has 0 aromatic heterocycles. The summed E-state index contributed by atoms with van der Waals surface area (Å²) in [6, 6.07) is 0. The summed E-state index contributed by atoms with van der Waals surface area (Å²) in [5.74, 6) is 0. The monoisotopic (exact) mass is 210 g/mol. The number of hydrogen-bond donors (Lipinski definition) is 2. The average molecular weight is 210 g/mol. The van der Waals surface area contributed by atoms with Gasteiger partial charge in [-0.3, -0.25) is 0 Å². The zero-order valence-corrected chi connectivity index (χ0v) is 9.08. The van der Waals surface area contributed by atoms with Crippen LogP contribution in [0.4, 0.5) is 4.79 Å². The molecule has 15 heavy (non-hydrogen) atoms. The van der Waals surface area contributed by atoms with Crippen LogP contribution in [0.5, 0.6) is 0 Å². The second-order valence-corrected chi connectivity index (χ2v) is 3.37. The third kappa shape index (κ3) is 5.22. The van der Waals surface area contributed by atoms with E-state index >= 15 is 0 Å². The summed E-state index contributed by atoms with van der Waals surface area (Å²) >= 11 is 0. The summed E-state index contributed by atoms with van der Waals surface area (Å²) in [7, 11) is 1.84. The van der Waals surface area contributed by atoms with Gasteiger partial charge in [0.25, 0.3) is 0 Å². The molecule has 0 aromatic rings. The van der Waals surface area contributed by atoms with E-state index in [9.17, 15) is 4.79 Å². The van der Waals surface area contributed by atoms with Gasteiger partial charge in [0.1, 0.15) is 6.61 Å². The third-order valence-corrected chi connectivity index (χ3v) is 2.09. The first-order chi connectivity index (χ1) is 7.33. The van der Waals surface area contributed by atoms with E-state index in [1.165, 1.54) is 0 Å². The fourth-order valence-corrected chi connectivity index (χ4v) is 1.26. The predicted octanol–water partition coefficient (Wildman–Crippen LogP) is 1.21. The second kappa shape index (κ2) is 7.06. The van der Waals surface area contributed by atoms with Crippen LogP contribution >= 0.6 is 0 Å². The number of ether oxygens (including phenoxy) is 1. The van der Waals surface area contributed by atoms with Crippen molar-refractivity contribution in [3.8, 4) is 0 Å². The number of alkyl carbamates (subject to hydrolysis) is 1. The molecule has 0 heterocycles. The molecule has 1 amide bonds. The van der Waals surface area contributed by atoms with Gasteiger partial charge in [0, 0.05) is 13.1 Å². The molecular weight excluding hydrogens is 192 g/mol. The zero-order chi connectivity index (χ0) is 10.9. The van der Waals surface area contributed by atoms with Crippen molar-refractivity contribution in [3.63, 3.8) is 0 Å². The molecule has 0 aliphatic heterocycles. The highest BCUT2D eigenvalue weighted by molar-refractivity contribution is 5.67. The van der Waals surface area contributed by atoms with E-state index in [1.54, 1.807) is 0 Å². The van der Waals surface area contributed by atoms with Crippen molar-refractivity contribution >= 4 is 6.09 Å². The molecule has 4 heteroatoms. The average Bonchev–Trinajstić information content (AvgIpc) is 2.28. The van der Waals surface area contributed by atoms with Crippen LogP contribution in [-0.4, -0.2) is 32.8 Å². The molecule has 0 fully saturated rings. The molecule has 1 aliphatic carbocycles. The number of allylic oxidation sites excluding steroid dienone is 2. The van der Waals surface area contributed by atoms with Crippen molar-refractivity contribution in [3.05, 3.63) is 23.8 Å². The molecule has 0 saturated heterocycles. The molecule has 1 rings (SSSR count). The number of nitrogens with one attached hydrogen (secondary N) is 2. The van der Waals surface area contributed by atoms with Crippen molar-refractivity contribution in [2.75, 3.05) is 26.7 Å². The van der Waals surface area contributed by atoms with E-state index in [-0.39, 0.29) is 6.09 Å². The van der Waals surface area contributed by atoms with E-state index in [0.717, 1.165) is 25.0 Å². The molecule has 0 bridgehead atoms. The molecule has 1 aliphatic rings. The number of likely N-dealkylation sites (N-methyl/N-ethyl adjacent to an activating group) is 1. The Morgan fingerprint density at radius 1 is 1.47 bits per heavy atom. The SMILES string of the molecule is CNCCNC(=O)OCC1=CCCC=C1. The molecule has 0 spiro atoms. The minimum Gasteiger partial charge on any atom is -0.445 e. The Bertz CT molecular complexity index is 259. The maximum absolute atomic E-state index is 11.1. The van der Waals surface area contributed by atoms with Gasteiger partial charge in [0.05, 0.1) is 0 Å². The number of carbonyl (C=O) groups is 1. The third-order valence-electron chi connectivity index (χ3n) is 2.09. The Kier molecular flexibility index (Phi) is 5.55. The van der Waals surface area contributed by atoms with Gasteiger partial charge in [-0.05, 0) is 25.5 Å². The largest absolute Gasteiger partial charge is 0.445 e. The Hall–Kier alpha value is -1.29. The van der Waals surface area contributed by atoms with Crippen molar-refractivity contribution in [1.82, 2.24) is 10.6 Å². The molecule has 0 atom stereocenters. The smallest absolute Gasteiger partial charge is 0.407 e. The second-order valence-electron chi connectivity index (χ2n) is 3.37. The first-order valence-electron chi connectivity index (χ1n) is 5.23. The number of carbonyl (C=O) groups excluding carboxylic acids is 1. The molecule has 0 saturated carbocycles. The lowest BCUT2D eigenvalue weighted by Gasteiger charge is -2.09. The number of amides is 1.